The van der Waals surface area contributed by atoms with E-state index < -0.39 is 11.9 Å². The largest absolute Gasteiger partial charge is 0.452 e. The molecule has 0 unspecified atom stereocenters. The Kier molecular flexibility index (Phi) is 6.56. The van der Waals surface area contributed by atoms with Gasteiger partial charge in [0.15, 0.2) is 6.61 Å². The number of benzene rings is 1. The van der Waals surface area contributed by atoms with Gasteiger partial charge < -0.3 is 10.1 Å². The van der Waals surface area contributed by atoms with Crippen molar-refractivity contribution in [3.8, 4) is 0 Å². The van der Waals surface area contributed by atoms with E-state index in [1.165, 1.54) is 17.4 Å². The van der Waals surface area contributed by atoms with Crippen molar-refractivity contribution < 1.29 is 14.3 Å². The number of anilines is 1. The molecular weight excluding hydrogens is 446 g/mol. The van der Waals surface area contributed by atoms with Gasteiger partial charge in [-0.25, -0.2) is 4.79 Å². The monoisotopic (exact) mass is 457 g/mol. The Balaban J connectivity index is 1.87. The molecule has 0 aliphatic carbocycles. The molecule has 0 radical (unpaired) electrons. The Morgan fingerprint density at radius 2 is 2.00 bits per heavy atom. The van der Waals surface area contributed by atoms with E-state index in [1.807, 2.05) is 36.6 Å². The lowest BCUT2D eigenvalue weighted by molar-refractivity contribution is -0.142. The summed E-state index contributed by atoms with van der Waals surface area (Å²) < 4.78 is 6.42. The second-order valence-electron chi connectivity index (χ2n) is 4.61. The van der Waals surface area contributed by atoms with E-state index in [9.17, 15) is 9.59 Å². The van der Waals surface area contributed by atoms with Gasteiger partial charge in [-0.05, 0) is 74.0 Å². The molecule has 0 spiro atoms. The highest BCUT2D eigenvalue weighted by Crippen LogP contribution is 2.32. The topological polar surface area (TPSA) is 55.4 Å². The average molecular weight is 459 g/mol. The van der Waals surface area contributed by atoms with Crippen molar-refractivity contribution in [1.82, 2.24) is 0 Å². The third-order valence-electron chi connectivity index (χ3n) is 2.72. The lowest BCUT2D eigenvalue weighted by Gasteiger charge is -2.10. The van der Waals surface area contributed by atoms with Gasteiger partial charge in [-0.3, -0.25) is 4.79 Å². The Morgan fingerprint density at radius 3 is 2.61 bits per heavy atom. The van der Waals surface area contributed by atoms with Gasteiger partial charge in [0, 0.05) is 19.9 Å². The van der Waals surface area contributed by atoms with Crippen molar-refractivity contribution in [2.24, 2.45) is 0 Å². The molecule has 1 heterocycles. The molecule has 0 fully saturated rings. The summed E-state index contributed by atoms with van der Waals surface area (Å²) in [5.41, 5.74) is 1.65. The maximum absolute atomic E-state index is 11.9. The number of carbonyl (C=O) groups excluding carboxylic acids is 2. The molecule has 0 saturated carbocycles. The first kappa shape index (κ1) is 17.9. The number of hydrogen-bond donors (Lipinski definition) is 1. The summed E-state index contributed by atoms with van der Waals surface area (Å²) in [5, 5.41) is 4.61. The van der Waals surface area contributed by atoms with Gasteiger partial charge in [0.2, 0.25) is 0 Å². The molecule has 0 aliphatic heterocycles. The number of ether oxygens (including phenoxy) is 1. The molecule has 1 amide bonds. The number of halogens is 2. The normalized spacial score (nSPS) is 10.7. The van der Waals surface area contributed by atoms with Crippen LogP contribution in [0.25, 0.3) is 6.08 Å². The summed E-state index contributed by atoms with van der Waals surface area (Å²) in [6, 6.07) is 7.54. The minimum absolute atomic E-state index is 0.347. The third-order valence-corrected chi connectivity index (χ3v) is 4.81. The predicted octanol–water partition coefficient (Wildman–Crippen LogP) is 4.78. The highest BCUT2D eigenvalue weighted by atomic mass is 79.9. The van der Waals surface area contributed by atoms with Crippen LogP contribution in [0.15, 0.2) is 44.7 Å². The number of aryl methyl sites for hydroxylation is 1. The van der Waals surface area contributed by atoms with E-state index in [-0.39, 0.29) is 6.61 Å². The van der Waals surface area contributed by atoms with Crippen LogP contribution in [0.5, 0.6) is 0 Å². The first-order valence-corrected chi connectivity index (χ1v) is 9.06. The SMILES string of the molecule is Cc1cc(Br)c(NC(=O)COC(=O)/C=C/c2cccs2)c(Br)c1. The maximum Gasteiger partial charge on any atom is 0.331 e. The minimum Gasteiger partial charge on any atom is -0.452 e. The lowest BCUT2D eigenvalue weighted by Crippen LogP contribution is -2.20. The number of esters is 1. The zero-order valence-corrected chi connectivity index (χ0v) is 16.1. The van der Waals surface area contributed by atoms with Crippen LogP contribution in [0.1, 0.15) is 10.4 Å². The quantitative estimate of drug-likeness (QED) is 0.518. The molecule has 4 nitrogen and oxygen atoms in total. The third kappa shape index (κ3) is 5.60. The molecule has 1 aromatic carbocycles. The number of rotatable bonds is 5. The van der Waals surface area contributed by atoms with Gasteiger partial charge in [-0.1, -0.05) is 6.07 Å². The molecule has 1 N–H and O–H groups in total. The van der Waals surface area contributed by atoms with Gasteiger partial charge in [0.1, 0.15) is 0 Å². The van der Waals surface area contributed by atoms with Gasteiger partial charge in [-0.15, -0.1) is 11.3 Å². The Hall–Kier alpha value is -1.44. The fourth-order valence-corrected chi connectivity index (χ4v) is 3.95. The lowest BCUT2D eigenvalue weighted by atomic mass is 10.2. The number of thiophene rings is 1. The van der Waals surface area contributed by atoms with Crippen LogP contribution in [0.4, 0.5) is 5.69 Å². The summed E-state index contributed by atoms with van der Waals surface area (Å²) in [4.78, 5) is 24.4. The van der Waals surface area contributed by atoms with Crippen molar-refractivity contribution in [2.45, 2.75) is 6.92 Å². The molecule has 2 rings (SSSR count). The van der Waals surface area contributed by atoms with Gasteiger partial charge in [-0.2, -0.15) is 0 Å². The maximum atomic E-state index is 11.9. The fourth-order valence-electron chi connectivity index (χ4n) is 1.72. The van der Waals surface area contributed by atoms with Crippen LogP contribution < -0.4 is 5.32 Å². The summed E-state index contributed by atoms with van der Waals surface area (Å²) in [6.07, 6.45) is 2.95. The summed E-state index contributed by atoms with van der Waals surface area (Å²) in [6.45, 7) is 1.60. The summed E-state index contributed by atoms with van der Waals surface area (Å²) >= 11 is 8.29. The van der Waals surface area contributed by atoms with Crippen LogP contribution in [0, 0.1) is 6.92 Å². The molecule has 0 saturated heterocycles. The fraction of sp³-hybridized carbons (Fsp3) is 0.125. The standard InChI is InChI=1S/C16H13Br2NO3S/c1-10-7-12(17)16(13(18)8-10)19-14(20)9-22-15(21)5-4-11-3-2-6-23-11/h2-8H,9H2,1H3,(H,19,20)/b5-4+. The highest BCUT2D eigenvalue weighted by molar-refractivity contribution is 9.11. The second-order valence-corrected chi connectivity index (χ2v) is 7.30. The highest BCUT2D eigenvalue weighted by Gasteiger charge is 2.11. The molecule has 0 bridgehead atoms. The van der Waals surface area contributed by atoms with Crippen LogP contribution in [-0.4, -0.2) is 18.5 Å². The van der Waals surface area contributed by atoms with Crippen LogP contribution in [0.2, 0.25) is 0 Å². The number of nitrogens with one attached hydrogen (secondary N) is 1. The summed E-state index contributed by atoms with van der Waals surface area (Å²) in [7, 11) is 0. The molecule has 23 heavy (non-hydrogen) atoms. The zero-order chi connectivity index (χ0) is 16.8. The number of amides is 1. The van der Waals surface area contributed by atoms with Crippen molar-refractivity contribution in [3.05, 3.63) is 55.1 Å². The number of carbonyl (C=O) groups is 2. The molecule has 1 aromatic heterocycles. The van der Waals surface area contributed by atoms with Crippen LogP contribution >= 0.6 is 43.2 Å². The first-order chi connectivity index (χ1) is 11.0. The molecule has 7 heteroatoms. The van der Waals surface area contributed by atoms with Crippen LogP contribution in [-0.2, 0) is 14.3 Å². The van der Waals surface area contributed by atoms with Crippen molar-refractivity contribution in [1.29, 1.82) is 0 Å². The minimum atomic E-state index is -0.560. The molecule has 2 aromatic rings. The average Bonchev–Trinajstić information content (AvgIpc) is 3.00. The van der Waals surface area contributed by atoms with Gasteiger partial charge in [0.05, 0.1) is 5.69 Å². The van der Waals surface area contributed by atoms with E-state index in [2.05, 4.69) is 37.2 Å². The van der Waals surface area contributed by atoms with E-state index in [4.69, 9.17) is 4.74 Å². The Labute approximate surface area is 154 Å². The summed E-state index contributed by atoms with van der Waals surface area (Å²) in [5.74, 6) is -0.969. The smallest absolute Gasteiger partial charge is 0.331 e. The molecule has 0 aliphatic rings. The predicted molar refractivity (Wildman–Crippen MR) is 99.5 cm³/mol. The van der Waals surface area contributed by atoms with E-state index in [0.717, 1.165) is 19.4 Å². The molecule has 120 valence electrons. The second kappa shape index (κ2) is 8.42. The van der Waals surface area contributed by atoms with Crippen molar-refractivity contribution in [2.75, 3.05) is 11.9 Å². The van der Waals surface area contributed by atoms with E-state index in [1.54, 1.807) is 6.08 Å². The van der Waals surface area contributed by atoms with Gasteiger partial charge >= 0.3 is 5.97 Å². The van der Waals surface area contributed by atoms with Crippen molar-refractivity contribution in [3.63, 3.8) is 0 Å². The zero-order valence-electron chi connectivity index (χ0n) is 12.1. The van der Waals surface area contributed by atoms with Gasteiger partial charge in [0.25, 0.3) is 5.91 Å². The Morgan fingerprint density at radius 1 is 1.30 bits per heavy atom. The van der Waals surface area contributed by atoms with E-state index >= 15 is 0 Å². The first-order valence-electron chi connectivity index (χ1n) is 6.59. The number of hydrogen-bond acceptors (Lipinski definition) is 4. The van der Waals surface area contributed by atoms with Crippen molar-refractivity contribution >= 4 is 66.8 Å². The van der Waals surface area contributed by atoms with Crippen LogP contribution in [0.3, 0.4) is 0 Å². The molecule has 0 atom stereocenters. The van der Waals surface area contributed by atoms with E-state index in [0.29, 0.717) is 5.69 Å². The molecular formula is C16H13Br2NO3S. The Bertz CT molecular complexity index is 719.